The van der Waals surface area contributed by atoms with E-state index in [1.807, 2.05) is 26.0 Å². The van der Waals surface area contributed by atoms with Crippen LogP contribution in [0, 0.1) is 13.8 Å². The number of aromatic nitrogens is 2. The molecule has 2 aromatic rings. The Hall–Kier alpha value is -1.99. The van der Waals surface area contributed by atoms with E-state index in [1.165, 1.54) is 0 Å². The van der Waals surface area contributed by atoms with Crippen molar-refractivity contribution < 1.29 is 13.2 Å². The first-order chi connectivity index (χ1) is 11.9. The molecule has 0 spiro atoms. The summed E-state index contributed by atoms with van der Waals surface area (Å²) in [6, 6.07) is 5.42. The zero-order valence-corrected chi connectivity index (χ0v) is 15.3. The summed E-state index contributed by atoms with van der Waals surface area (Å²) in [4.78, 5) is 8.46. The van der Waals surface area contributed by atoms with E-state index in [1.54, 1.807) is 24.7 Å². The molecule has 25 heavy (non-hydrogen) atoms. The van der Waals surface area contributed by atoms with Crippen LogP contribution in [0.5, 0.6) is 5.88 Å². The summed E-state index contributed by atoms with van der Waals surface area (Å²) in [5.41, 5.74) is 1.70. The van der Waals surface area contributed by atoms with Crippen molar-refractivity contribution in [3.05, 3.63) is 47.9 Å². The van der Waals surface area contributed by atoms with Crippen LogP contribution in [0.4, 0.5) is 0 Å². The molecule has 1 aliphatic rings. The maximum atomic E-state index is 12.7. The third-order valence-corrected chi connectivity index (χ3v) is 6.12. The fourth-order valence-electron chi connectivity index (χ4n) is 3.10. The van der Waals surface area contributed by atoms with Crippen LogP contribution >= 0.6 is 0 Å². The van der Waals surface area contributed by atoms with E-state index in [-0.39, 0.29) is 12.1 Å². The van der Waals surface area contributed by atoms with Crippen molar-refractivity contribution in [3.8, 4) is 5.88 Å². The van der Waals surface area contributed by atoms with Gasteiger partial charge in [-0.05, 0) is 56.7 Å². The molecule has 6 nitrogen and oxygen atoms in total. The Morgan fingerprint density at radius 1 is 1.12 bits per heavy atom. The number of rotatable bonds is 5. The predicted octanol–water partition coefficient (Wildman–Crippen LogP) is 2.76. The lowest BCUT2D eigenvalue weighted by Gasteiger charge is -2.29. The van der Waals surface area contributed by atoms with Crippen molar-refractivity contribution in [1.82, 2.24) is 14.7 Å². The molecule has 1 aromatic heterocycles. The average molecular weight is 361 g/mol. The molecule has 1 aromatic carbocycles. The molecule has 1 N–H and O–H groups in total. The second-order valence-electron chi connectivity index (χ2n) is 6.53. The van der Waals surface area contributed by atoms with Gasteiger partial charge in [-0.3, -0.25) is 4.98 Å². The molecule has 0 unspecified atom stereocenters. The van der Waals surface area contributed by atoms with Gasteiger partial charge in [0.2, 0.25) is 15.9 Å². The van der Waals surface area contributed by atoms with E-state index < -0.39 is 10.0 Å². The fraction of sp³-hybridized carbons (Fsp3) is 0.444. The van der Waals surface area contributed by atoms with E-state index in [4.69, 9.17) is 4.74 Å². The van der Waals surface area contributed by atoms with E-state index >= 15 is 0 Å². The molecule has 7 heteroatoms. The Morgan fingerprint density at radius 2 is 1.88 bits per heavy atom. The predicted molar refractivity (Wildman–Crippen MR) is 94.9 cm³/mol. The van der Waals surface area contributed by atoms with E-state index in [9.17, 15) is 8.42 Å². The van der Waals surface area contributed by atoms with Gasteiger partial charge in [0.05, 0.1) is 11.1 Å². The number of aryl methyl sites for hydroxylation is 2. The van der Waals surface area contributed by atoms with Gasteiger partial charge < -0.3 is 4.74 Å². The first-order valence-electron chi connectivity index (χ1n) is 8.46. The third-order valence-electron chi connectivity index (χ3n) is 4.46. The number of hydrogen-bond donors (Lipinski definition) is 1. The third kappa shape index (κ3) is 4.55. The lowest BCUT2D eigenvalue weighted by atomic mass is 9.94. The lowest BCUT2D eigenvalue weighted by molar-refractivity contribution is 0.138. The highest BCUT2D eigenvalue weighted by molar-refractivity contribution is 7.89. The summed E-state index contributed by atoms with van der Waals surface area (Å²) < 4.78 is 34.0. The Balaban J connectivity index is 1.59. The molecule has 1 fully saturated rings. The molecular formula is C18H23N3O3S. The van der Waals surface area contributed by atoms with E-state index in [0.29, 0.717) is 10.8 Å². The van der Waals surface area contributed by atoms with Crippen molar-refractivity contribution in [3.63, 3.8) is 0 Å². The summed E-state index contributed by atoms with van der Waals surface area (Å²) in [7, 11) is -3.50. The van der Waals surface area contributed by atoms with Crippen LogP contribution in [0.1, 0.15) is 36.8 Å². The zero-order chi connectivity index (χ0) is 17.9. The van der Waals surface area contributed by atoms with Gasteiger partial charge in [-0.2, -0.15) is 0 Å². The second-order valence-corrected chi connectivity index (χ2v) is 8.21. The quantitative estimate of drug-likeness (QED) is 0.886. The Morgan fingerprint density at radius 3 is 2.56 bits per heavy atom. The van der Waals surface area contributed by atoms with Crippen LogP contribution in [0.3, 0.4) is 0 Å². The SMILES string of the molecule is Cc1ccc(C)c(S(=O)(=O)NC2CCC(Oc3cnccn3)CC2)c1. The van der Waals surface area contributed by atoms with Crippen molar-refractivity contribution in [2.24, 2.45) is 0 Å². The largest absolute Gasteiger partial charge is 0.473 e. The van der Waals surface area contributed by atoms with E-state index in [2.05, 4.69) is 14.7 Å². The zero-order valence-electron chi connectivity index (χ0n) is 14.5. The van der Waals surface area contributed by atoms with Crippen LogP contribution in [-0.4, -0.2) is 30.5 Å². The number of sulfonamides is 1. The van der Waals surface area contributed by atoms with Crippen LogP contribution < -0.4 is 9.46 Å². The number of nitrogens with zero attached hydrogens (tertiary/aromatic N) is 2. The lowest BCUT2D eigenvalue weighted by Crippen LogP contribution is -2.39. The Labute approximate surface area is 148 Å². The van der Waals surface area contributed by atoms with Crippen LogP contribution in [0.25, 0.3) is 0 Å². The summed E-state index contributed by atoms with van der Waals surface area (Å²) >= 11 is 0. The van der Waals surface area contributed by atoms with Gasteiger partial charge in [0, 0.05) is 18.4 Å². The Kier molecular flexibility index (Phi) is 5.34. The molecule has 134 valence electrons. The van der Waals surface area contributed by atoms with Crippen LogP contribution in [0.15, 0.2) is 41.7 Å². The minimum atomic E-state index is -3.50. The molecule has 0 bridgehead atoms. The highest BCUT2D eigenvalue weighted by Crippen LogP contribution is 2.25. The first kappa shape index (κ1) is 17.8. The van der Waals surface area contributed by atoms with Crippen LogP contribution in [0.2, 0.25) is 0 Å². The normalized spacial score (nSPS) is 21.0. The van der Waals surface area contributed by atoms with Gasteiger partial charge >= 0.3 is 0 Å². The van der Waals surface area contributed by atoms with Crippen molar-refractivity contribution in [2.45, 2.75) is 56.6 Å². The molecule has 0 saturated heterocycles. The average Bonchev–Trinajstić information content (AvgIpc) is 2.59. The van der Waals surface area contributed by atoms with Crippen molar-refractivity contribution in [1.29, 1.82) is 0 Å². The number of ether oxygens (including phenoxy) is 1. The summed E-state index contributed by atoms with van der Waals surface area (Å²) in [6.07, 6.45) is 7.91. The molecule has 0 amide bonds. The van der Waals surface area contributed by atoms with Gasteiger partial charge in [0.25, 0.3) is 0 Å². The van der Waals surface area contributed by atoms with Crippen molar-refractivity contribution in [2.75, 3.05) is 0 Å². The molecule has 1 heterocycles. The smallest absolute Gasteiger partial charge is 0.241 e. The minimum Gasteiger partial charge on any atom is -0.473 e. The highest BCUT2D eigenvalue weighted by Gasteiger charge is 2.27. The van der Waals surface area contributed by atoms with Gasteiger partial charge in [0.1, 0.15) is 6.10 Å². The standard InChI is InChI=1S/C18H23N3O3S/c1-13-3-4-14(2)17(11-13)25(22,23)21-15-5-7-16(8-6-15)24-18-12-19-9-10-20-18/h3-4,9-12,15-16,21H,5-8H2,1-2H3. The monoisotopic (exact) mass is 361 g/mol. The first-order valence-corrected chi connectivity index (χ1v) is 9.94. The highest BCUT2D eigenvalue weighted by atomic mass is 32.2. The molecule has 0 aliphatic heterocycles. The summed E-state index contributed by atoms with van der Waals surface area (Å²) in [6.45, 7) is 3.72. The fourth-order valence-corrected chi connectivity index (χ4v) is 4.73. The maximum absolute atomic E-state index is 12.7. The summed E-state index contributed by atoms with van der Waals surface area (Å²) in [5.74, 6) is 0.516. The van der Waals surface area contributed by atoms with Gasteiger partial charge in [-0.1, -0.05) is 12.1 Å². The topological polar surface area (TPSA) is 81.2 Å². The van der Waals surface area contributed by atoms with Gasteiger partial charge in [-0.25, -0.2) is 18.1 Å². The molecule has 3 rings (SSSR count). The van der Waals surface area contributed by atoms with Crippen molar-refractivity contribution >= 4 is 10.0 Å². The number of benzene rings is 1. The number of nitrogens with one attached hydrogen (secondary N) is 1. The molecule has 0 radical (unpaired) electrons. The molecular weight excluding hydrogens is 338 g/mol. The van der Waals surface area contributed by atoms with Gasteiger partial charge in [-0.15, -0.1) is 0 Å². The maximum Gasteiger partial charge on any atom is 0.241 e. The second kappa shape index (κ2) is 7.49. The molecule has 1 aliphatic carbocycles. The minimum absolute atomic E-state index is 0.0539. The molecule has 0 atom stereocenters. The number of hydrogen-bond acceptors (Lipinski definition) is 5. The Bertz CT molecular complexity index is 817. The van der Waals surface area contributed by atoms with Gasteiger partial charge in [0.15, 0.2) is 0 Å². The van der Waals surface area contributed by atoms with E-state index in [0.717, 1.165) is 36.8 Å². The van der Waals surface area contributed by atoms with Crippen LogP contribution in [-0.2, 0) is 10.0 Å². The summed E-state index contributed by atoms with van der Waals surface area (Å²) in [5, 5.41) is 0. The molecule has 1 saturated carbocycles.